The summed E-state index contributed by atoms with van der Waals surface area (Å²) in [5.74, 6) is 0.653. The van der Waals surface area contributed by atoms with Gasteiger partial charge in [-0.15, -0.1) is 0 Å². The number of rotatable bonds is 1. The Bertz CT molecular complexity index is 680. The van der Waals surface area contributed by atoms with Crippen LogP contribution in [0.4, 0.5) is 0 Å². The van der Waals surface area contributed by atoms with Gasteiger partial charge in [0, 0.05) is 6.20 Å². The van der Waals surface area contributed by atoms with Crippen molar-refractivity contribution in [1.82, 2.24) is 15.0 Å². The molecule has 2 heterocycles. The van der Waals surface area contributed by atoms with Gasteiger partial charge >= 0.3 is 0 Å². The summed E-state index contributed by atoms with van der Waals surface area (Å²) >= 11 is 17.7. The van der Waals surface area contributed by atoms with Gasteiger partial charge in [0.15, 0.2) is 5.82 Å². The summed E-state index contributed by atoms with van der Waals surface area (Å²) in [6.07, 6.45) is 1.57. The lowest BCUT2D eigenvalue weighted by Gasteiger charge is -1.94. The van der Waals surface area contributed by atoms with Crippen LogP contribution in [0.3, 0.4) is 0 Å². The number of benzene rings is 1. The predicted molar refractivity (Wildman–Crippen MR) is 74.4 cm³/mol. The molecule has 3 nitrogen and oxygen atoms in total. The van der Waals surface area contributed by atoms with Crippen molar-refractivity contribution in [2.75, 3.05) is 0 Å². The minimum Gasteiger partial charge on any atom is -0.337 e. The van der Waals surface area contributed by atoms with E-state index < -0.39 is 0 Å². The number of hydrogen-bond acceptors (Lipinski definition) is 2. The first kappa shape index (κ1) is 11.8. The Hall–Kier alpha value is -1.29. The number of nitrogens with one attached hydrogen (secondary N) is 1. The number of hydrogen-bond donors (Lipinski definition) is 1. The Morgan fingerprint density at radius 1 is 1.00 bits per heavy atom. The number of imidazole rings is 1. The van der Waals surface area contributed by atoms with Crippen molar-refractivity contribution in [3.63, 3.8) is 0 Å². The molecular weight excluding hydrogens is 293 g/mol. The first-order valence-electron chi connectivity index (χ1n) is 5.10. The normalized spacial score (nSPS) is 11.1. The van der Waals surface area contributed by atoms with Crippen molar-refractivity contribution in [2.24, 2.45) is 0 Å². The molecule has 0 radical (unpaired) electrons. The van der Waals surface area contributed by atoms with E-state index in [1.807, 2.05) is 0 Å². The SMILES string of the molecule is Clc1ccc(-c2nc3cc(Cl)c(Cl)cc3[nH]2)nc1. The summed E-state index contributed by atoms with van der Waals surface area (Å²) < 4.78 is 0. The number of pyridine rings is 1. The summed E-state index contributed by atoms with van der Waals surface area (Å²) in [7, 11) is 0. The Kier molecular flexibility index (Phi) is 2.90. The molecule has 90 valence electrons. The van der Waals surface area contributed by atoms with Gasteiger partial charge in [-0.25, -0.2) is 4.98 Å². The summed E-state index contributed by atoms with van der Waals surface area (Å²) in [6, 6.07) is 7.01. The van der Waals surface area contributed by atoms with E-state index in [1.54, 1.807) is 30.5 Å². The molecule has 3 aromatic rings. The summed E-state index contributed by atoms with van der Waals surface area (Å²) in [5.41, 5.74) is 2.27. The van der Waals surface area contributed by atoms with Crippen LogP contribution in [0.1, 0.15) is 0 Å². The van der Waals surface area contributed by atoms with Gasteiger partial charge in [0.25, 0.3) is 0 Å². The second-order valence-electron chi connectivity index (χ2n) is 3.73. The fraction of sp³-hybridized carbons (Fsp3) is 0. The van der Waals surface area contributed by atoms with Gasteiger partial charge in [-0.2, -0.15) is 0 Å². The van der Waals surface area contributed by atoms with Crippen LogP contribution >= 0.6 is 34.8 Å². The molecule has 0 spiro atoms. The largest absolute Gasteiger partial charge is 0.337 e. The standard InChI is InChI=1S/C12H6Cl3N3/c13-6-1-2-9(16-5-6)12-17-10-3-7(14)8(15)4-11(10)18-12/h1-5H,(H,17,18). The molecule has 2 aromatic heterocycles. The lowest BCUT2D eigenvalue weighted by molar-refractivity contribution is 1.24. The molecule has 0 aliphatic heterocycles. The molecule has 1 N–H and O–H groups in total. The highest BCUT2D eigenvalue weighted by molar-refractivity contribution is 6.42. The van der Waals surface area contributed by atoms with Crippen LogP contribution in [0.5, 0.6) is 0 Å². The molecule has 0 amide bonds. The van der Waals surface area contributed by atoms with E-state index in [-0.39, 0.29) is 0 Å². The van der Waals surface area contributed by atoms with Crippen molar-refractivity contribution in [3.8, 4) is 11.5 Å². The van der Waals surface area contributed by atoms with Crippen LogP contribution in [0, 0.1) is 0 Å². The monoisotopic (exact) mass is 297 g/mol. The maximum Gasteiger partial charge on any atom is 0.157 e. The minimum atomic E-state index is 0.478. The van der Waals surface area contributed by atoms with E-state index in [1.165, 1.54) is 0 Å². The van der Waals surface area contributed by atoms with Gasteiger partial charge in [-0.3, -0.25) is 4.98 Å². The molecule has 0 aliphatic rings. The molecule has 0 fully saturated rings. The Labute approximate surface area is 118 Å². The Morgan fingerprint density at radius 2 is 1.78 bits per heavy atom. The molecular formula is C12H6Cl3N3. The molecule has 0 atom stereocenters. The van der Waals surface area contributed by atoms with Crippen molar-refractivity contribution in [3.05, 3.63) is 45.5 Å². The summed E-state index contributed by atoms with van der Waals surface area (Å²) in [6.45, 7) is 0. The number of fused-ring (bicyclic) bond motifs is 1. The van der Waals surface area contributed by atoms with Crippen molar-refractivity contribution in [2.45, 2.75) is 0 Å². The third-order valence-electron chi connectivity index (χ3n) is 2.49. The van der Waals surface area contributed by atoms with Crippen molar-refractivity contribution in [1.29, 1.82) is 0 Å². The van der Waals surface area contributed by atoms with Crippen LogP contribution in [0.2, 0.25) is 15.1 Å². The topological polar surface area (TPSA) is 41.6 Å². The van der Waals surface area contributed by atoms with E-state index >= 15 is 0 Å². The third kappa shape index (κ3) is 2.05. The highest BCUT2D eigenvalue weighted by Crippen LogP contribution is 2.28. The number of halogens is 3. The maximum atomic E-state index is 5.95. The first-order chi connectivity index (χ1) is 8.63. The zero-order valence-electron chi connectivity index (χ0n) is 8.92. The zero-order valence-corrected chi connectivity index (χ0v) is 11.2. The van der Waals surface area contributed by atoms with Crippen LogP contribution in [0.25, 0.3) is 22.6 Å². The third-order valence-corrected chi connectivity index (χ3v) is 3.44. The quantitative estimate of drug-likeness (QED) is 0.714. The predicted octanol–water partition coefficient (Wildman–Crippen LogP) is 4.59. The fourth-order valence-corrected chi connectivity index (χ4v) is 2.08. The lowest BCUT2D eigenvalue weighted by Crippen LogP contribution is -1.84. The number of nitrogens with zero attached hydrogens (tertiary/aromatic N) is 2. The number of aromatic amines is 1. The average Bonchev–Trinajstić information content (AvgIpc) is 2.73. The second kappa shape index (κ2) is 4.43. The van der Waals surface area contributed by atoms with Crippen molar-refractivity contribution < 1.29 is 0 Å². The molecule has 18 heavy (non-hydrogen) atoms. The summed E-state index contributed by atoms with van der Waals surface area (Å²) in [5, 5.41) is 1.55. The van der Waals surface area contributed by atoms with Gasteiger partial charge in [-0.05, 0) is 24.3 Å². The lowest BCUT2D eigenvalue weighted by atomic mass is 10.3. The van der Waals surface area contributed by atoms with E-state index in [4.69, 9.17) is 34.8 Å². The van der Waals surface area contributed by atoms with Crippen LogP contribution in [-0.4, -0.2) is 15.0 Å². The highest BCUT2D eigenvalue weighted by Gasteiger charge is 2.08. The van der Waals surface area contributed by atoms with E-state index in [0.717, 1.165) is 11.0 Å². The van der Waals surface area contributed by atoms with Gasteiger partial charge in [0.2, 0.25) is 0 Å². The molecule has 0 saturated heterocycles. The van der Waals surface area contributed by atoms with Gasteiger partial charge in [-0.1, -0.05) is 34.8 Å². The van der Waals surface area contributed by atoms with Crippen LogP contribution < -0.4 is 0 Å². The maximum absolute atomic E-state index is 5.95. The molecule has 0 unspecified atom stereocenters. The van der Waals surface area contributed by atoms with Gasteiger partial charge in [0.1, 0.15) is 5.69 Å². The summed E-state index contributed by atoms with van der Waals surface area (Å²) in [4.78, 5) is 11.7. The first-order valence-corrected chi connectivity index (χ1v) is 6.23. The highest BCUT2D eigenvalue weighted by atomic mass is 35.5. The zero-order chi connectivity index (χ0) is 12.7. The fourth-order valence-electron chi connectivity index (χ4n) is 1.64. The Morgan fingerprint density at radius 3 is 2.50 bits per heavy atom. The molecule has 1 aromatic carbocycles. The molecule has 6 heteroatoms. The molecule has 0 aliphatic carbocycles. The smallest absolute Gasteiger partial charge is 0.157 e. The van der Waals surface area contributed by atoms with Gasteiger partial charge < -0.3 is 4.98 Å². The number of H-pyrrole nitrogens is 1. The number of aromatic nitrogens is 3. The molecule has 3 rings (SSSR count). The van der Waals surface area contributed by atoms with E-state index in [0.29, 0.717) is 26.6 Å². The second-order valence-corrected chi connectivity index (χ2v) is 4.98. The van der Waals surface area contributed by atoms with E-state index in [9.17, 15) is 0 Å². The van der Waals surface area contributed by atoms with Crippen LogP contribution in [-0.2, 0) is 0 Å². The van der Waals surface area contributed by atoms with E-state index in [2.05, 4.69) is 15.0 Å². The Balaban J connectivity index is 2.16. The minimum absolute atomic E-state index is 0.478. The van der Waals surface area contributed by atoms with Gasteiger partial charge in [0.05, 0.1) is 26.1 Å². The van der Waals surface area contributed by atoms with Crippen molar-refractivity contribution >= 4 is 45.8 Å². The molecule has 0 saturated carbocycles. The average molecular weight is 299 g/mol. The molecule has 0 bridgehead atoms. The van der Waals surface area contributed by atoms with Crippen LogP contribution in [0.15, 0.2) is 30.5 Å².